The molecule has 0 aliphatic carbocycles. The summed E-state index contributed by atoms with van der Waals surface area (Å²) in [6.07, 6.45) is 0.736. The predicted molar refractivity (Wildman–Crippen MR) is 89.2 cm³/mol. The van der Waals surface area contributed by atoms with Gasteiger partial charge in [0.2, 0.25) is 0 Å². The fraction of sp³-hybridized carbons (Fsp3) is 0.111. The van der Waals surface area contributed by atoms with E-state index in [-0.39, 0.29) is 5.91 Å². The Bertz CT molecular complexity index is 817. The summed E-state index contributed by atoms with van der Waals surface area (Å²) in [6.45, 7) is 0.549. The van der Waals surface area contributed by atoms with Crippen LogP contribution in [0.15, 0.2) is 60.7 Å². The minimum atomic E-state index is -0.159. The summed E-state index contributed by atoms with van der Waals surface area (Å²) in [5, 5.41) is 4.62. The van der Waals surface area contributed by atoms with Crippen molar-refractivity contribution in [2.45, 2.75) is 6.42 Å². The fourth-order valence-electron chi connectivity index (χ4n) is 2.30. The lowest BCUT2D eigenvalue weighted by atomic mass is 10.1. The number of carbonyl (C=O) groups is 1. The van der Waals surface area contributed by atoms with E-state index in [1.165, 1.54) is 0 Å². The Morgan fingerprint density at radius 2 is 1.91 bits per heavy atom. The third kappa shape index (κ3) is 3.43. The van der Waals surface area contributed by atoms with E-state index in [0.29, 0.717) is 17.3 Å². The molecule has 2 aromatic carbocycles. The summed E-state index contributed by atoms with van der Waals surface area (Å²) in [7, 11) is 0. The highest BCUT2D eigenvalue weighted by Crippen LogP contribution is 2.12. The molecule has 4 heteroatoms. The molecule has 1 heterocycles. The molecule has 0 saturated heterocycles. The van der Waals surface area contributed by atoms with E-state index in [0.717, 1.165) is 22.9 Å². The third-order valence-electron chi connectivity index (χ3n) is 3.42. The van der Waals surface area contributed by atoms with Crippen molar-refractivity contribution in [1.82, 2.24) is 10.3 Å². The van der Waals surface area contributed by atoms with Gasteiger partial charge in [-0.2, -0.15) is 0 Å². The van der Waals surface area contributed by atoms with Crippen LogP contribution in [0.4, 0.5) is 0 Å². The number of nitrogens with zero attached hydrogens (tertiary/aromatic N) is 1. The molecule has 1 aromatic heterocycles. The van der Waals surface area contributed by atoms with E-state index in [2.05, 4.69) is 10.3 Å². The second kappa shape index (κ2) is 6.58. The standard InChI is InChI=1S/C18H15ClN2O/c19-15-6-3-4-13(12-15)10-11-20-18(22)17-9-8-14-5-1-2-7-16(14)21-17/h1-9,12H,10-11H2,(H,20,22). The van der Waals surface area contributed by atoms with Gasteiger partial charge in [-0.3, -0.25) is 4.79 Å². The van der Waals surface area contributed by atoms with Crippen LogP contribution in [0.2, 0.25) is 5.02 Å². The number of pyridine rings is 1. The summed E-state index contributed by atoms with van der Waals surface area (Å²) in [6, 6.07) is 19.0. The number of amides is 1. The first-order valence-electron chi connectivity index (χ1n) is 7.11. The van der Waals surface area contributed by atoms with Crippen LogP contribution in [0.3, 0.4) is 0 Å². The first kappa shape index (κ1) is 14.5. The van der Waals surface area contributed by atoms with Crippen LogP contribution >= 0.6 is 11.6 Å². The van der Waals surface area contributed by atoms with Gasteiger partial charge in [0.1, 0.15) is 5.69 Å². The molecule has 0 unspecified atom stereocenters. The van der Waals surface area contributed by atoms with Crippen molar-refractivity contribution < 1.29 is 4.79 Å². The van der Waals surface area contributed by atoms with Crippen molar-refractivity contribution in [3.8, 4) is 0 Å². The Labute approximate surface area is 133 Å². The number of benzene rings is 2. The molecule has 0 spiro atoms. The van der Waals surface area contributed by atoms with E-state index in [9.17, 15) is 4.79 Å². The van der Waals surface area contributed by atoms with E-state index in [1.807, 2.05) is 54.6 Å². The average molecular weight is 311 g/mol. The zero-order valence-corrected chi connectivity index (χ0v) is 12.7. The monoisotopic (exact) mass is 310 g/mol. The van der Waals surface area contributed by atoms with Crippen molar-refractivity contribution in [3.63, 3.8) is 0 Å². The molecule has 110 valence electrons. The summed E-state index contributed by atoms with van der Waals surface area (Å²) in [5.41, 5.74) is 2.36. The van der Waals surface area contributed by atoms with E-state index in [1.54, 1.807) is 6.07 Å². The third-order valence-corrected chi connectivity index (χ3v) is 3.65. The van der Waals surface area contributed by atoms with Crippen molar-refractivity contribution >= 4 is 28.4 Å². The molecule has 22 heavy (non-hydrogen) atoms. The highest BCUT2D eigenvalue weighted by molar-refractivity contribution is 6.30. The lowest BCUT2D eigenvalue weighted by molar-refractivity contribution is 0.0949. The van der Waals surface area contributed by atoms with E-state index < -0.39 is 0 Å². The van der Waals surface area contributed by atoms with Gasteiger partial charge >= 0.3 is 0 Å². The number of rotatable bonds is 4. The second-order valence-electron chi connectivity index (χ2n) is 5.03. The van der Waals surface area contributed by atoms with Gasteiger partial charge in [-0.1, -0.05) is 48.0 Å². The van der Waals surface area contributed by atoms with Gasteiger partial charge < -0.3 is 5.32 Å². The Morgan fingerprint density at radius 3 is 2.77 bits per heavy atom. The van der Waals surface area contributed by atoms with Gasteiger partial charge in [0.05, 0.1) is 5.52 Å². The zero-order chi connectivity index (χ0) is 15.4. The van der Waals surface area contributed by atoms with Crippen LogP contribution in [-0.2, 0) is 6.42 Å². The van der Waals surface area contributed by atoms with Crippen LogP contribution in [-0.4, -0.2) is 17.4 Å². The normalized spacial score (nSPS) is 10.6. The number of fused-ring (bicyclic) bond motifs is 1. The quantitative estimate of drug-likeness (QED) is 0.795. The maximum Gasteiger partial charge on any atom is 0.269 e. The van der Waals surface area contributed by atoms with Crippen LogP contribution in [0, 0.1) is 0 Å². The Morgan fingerprint density at radius 1 is 1.05 bits per heavy atom. The Kier molecular flexibility index (Phi) is 4.35. The van der Waals surface area contributed by atoms with Crippen LogP contribution in [0.1, 0.15) is 16.1 Å². The molecule has 0 radical (unpaired) electrons. The first-order chi connectivity index (χ1) is 10.7. The van der Waals surface area contributed by atoms with Gasteiger partial charge in [-0.05, 0) is 36.2 Å². The molecule has 0 aliphatic rings. The van der Waals surface area contributed by atoms with E-state index in [4.69, 9.17) is 11.6 Å². The van der Waals surface area contributed by atoms with Crippen LogP contribution < -0.4 is 5.32 Å². The van der Waals surface area contributed by atoms with Gasteiger partial charge in [-0.15, -0.1) is 0 Å². The van der Waals surface area contributed by atoms with Crippen LogP contribution in [0.25, 0.3) is 10.9 Å². The predicted octanol–water partition coefficient (Wildman–Crippen LogP) is 3.86. The van der Waals surface area contributed by atoms with Crippen molar-refractivity contribution in [3.05, 3.63) is 76.9 Å². The Balaban J connectivity index is 1.63. The SMILES string of the molecule is O=C(NCCc1cccc(Cl)c1)c1ccc2ccccc2n1. The number of aromatic nitrogens is 1. The summed E-state index contributed by atoms with van der Waals surface area (Å²) in [5.74, 6) is -0.159. The molecular formula is C18H15ClN2O. The molecule has 3 nitrogen and oxygen atoms in total. The van der Waals surface area contributed by atoms with Crippen molar-refractivity contribution in [1.29, 1.82) is 0 Å². The molecule has 1 N–H and O–H groups in total. The number of hydrogen-bond acceptors (Lipinski definition) is 2. The lowest BCUT2D eigenvalue weighted by Crippen LogP contribution is -2.26. The minimum absolute atomic E-state index is 0.159. The topological polar surface area (TPSA) is 42.0 Å². The molecule has 1 amide bonds. The zero-order valence-electron chi connectivity index (χ0n) is 11.9. The molecular weight excluding hydrogens is 296 g/mol. The largest absolute Gasteiger partial charge is 0.350 e. The van der Waals surface area contributed by atoms with Gasteiger partial charge in [-0.25, -0.2) is 4.98 Å². The highest BCUT2D eigenvalue weighted by Gasteiger charge is 2.07. The van der Waals surface area contributed by atoms with Crippen molar-refractivity contribution in [2.75, 3.05) is 6.54 Å². The minimum Gasteiger partial charge on any atom is -0.350 e. The average Bonchev–Trinajstić information content (AvgIpc) is 2.54. The van der Waals surface area contributed by atoms with Crippen molar-refractivity contribution in [2.24, 2.45) is 0 Å². The van der Waals surface area contributed by atoms with Gasteiger partial charge in [0, 0.05) is 17.0 Å². The van der Waals surface area contributed by atoms with Gasteiger partial charge in [0.25, 0.3) is 5.91 Å². The van der Waals surface area contributed by atoms with Gasteiger partial charge in [0.15, 0.2) is 0 Å². The molecule has 3 rings (SSSR count). The summed E-state index contributed by atoms with van der Waals surface area (Å²) < 4.78 is 0. The first-order valence-corrected chi connectivity index (χ1v) is 7.48. The maximum absolute atomic E-state index is 12.1. The summed E-state index contributed by atoms with van der Waals surface area (Å²) in [4.78, 5) is 16.5. The molecule has 0 bridgehead atoms. The Hall–Kier alpha value is -2.39. The fourth-order valence-corrected chi connectivity index (χ4v) is 2.51. The molecule has 0 saturated carbocycles. The molecule has 0 atom stereocenters. The smallest absolute Gasteiger partial charge is 0.269 e. The lowest BCUT2D eigenvalue weighted by Gasteiger charge is -2.06. The molecule has 0 aliphatic heterocycles. The highest BCUT2D eigenvalue weighted by atomic mass is 35.5. The molecule has 0 fully saturated rings. The summed E-state index contributed by atoms with van der Waals surface area (Å²) >= 11 is 5.94. The number of halogens is 1. The number of hydrogen-bond donors (Lipinski definition) is 1. The van der Waals surface area contributed by atoms with E-state index >= 15 is 0 Å². The number of nitrogens with one attached hydrogen (secondary N) is 1. The maximum atomic E-state index is 12.1. The number of carbonyl (C=O) groups excluding carboxylic acids is 1. The molecule has 3 aromatic rings. The van der Waals surface area contributed by atoms with Crippen LogP contribution in [0.5, 0.6) is 0 Å². The number of para-hydroxylation sites is 1. The second-order valence-corrected chi connectivity index (χ2v) is 5.46.